The topological polar surface area (TPSA) is 38.0 Å². The van der Waals surface area contributed by atoms with Gasteiger partial charge in [-0.25, -0.2) is 0 Å². The Kier molecular flexibility index (Phi) is 2.29. The monoisotopic (exact) mass is 154 g/mol. The van der Waals surface area contributed by atoms with Crippen molar-refractivity contribution in [3.8, 4) is 0 Å². The van der Waals surface area contributed by atoms with E-state index in [1.165, 1.54) is 0 Å². The first-order valence-electron chi connectivity index (χ1n) is 3.77. The maximum absolute atomic E-state index is 9.10. The highest BCUT2D eigenvalue weighted by atomic mass is 16.3. The van der Waals surface area contributed by atoms with Gasteiger partial charge in [0.05, 0.1) is 11.8 Å². The molecule has 11 heavy (non-hydrogen) atoms. The molecule has 0 aromatic carbocycles. The summed E-state index contributed by atoms with van der Waals surface area (Å²) < 4.78 is 1.81. The molecule has 0 saturated heterocycles. The van der Waals surface area contributed by atoms with E-state index in [0.717, 1.165) is 11.4 Å². The van der Waals surface area contributed by atoms with Gasteiger partial charge in [0.2, 0.25) is 0 Å². The van der Waals surface area contributed by atoms with Crippen LogP contribution in [0.25, 0.3) is 0 Å². The average Bonchev–Trinajstić information content (AvgIpc) is 2.09. The Bertz CT molecular complexity index is 240. The Morgan fingerprint density at radius 3 is 2.73 bits per heavy atom. The van der Waals surface area contributed by atoms with Gasteiger partial charge < -0.3 is 5.11 Å². The minimum atomic E-state index is -0.287. The molecule has 1 aromatic heterocycles. The first-order valence-corrected chi connectivity index (χ1v) is 3.77. The van der Waals surface area contributed by atoms with Crippen molar-refractivity contribution in [2.24, 2.45) is 7.05 Å². The van der Waals surface area contributed by atoms with Gasteiger partial charge in [-0.05, 0) is 19.9 Å². The van der Waals surface area contributed by atoms with E-state index in [-0.39, 0.29) is 6.10 Å². The zero-order valence-corrected chi connectivity index (χ0v) is 7.20. The number of nitrogens with zero attached hydrogens (tertiary/aromatic N) is 2. The van der Waals surface area contributed by atoms with Crippen molar-refractivity contribution in [3.63, 3.8) is 0 Å². The lowest BCUT2D eigenvalue weighted by molar-refractivity contribution is 0.193. The van der Waals surface area contributed by atoms with Gasteiger partial charge in [-0.2, -0.15) is 5.10 Å². The smallest absolute Gasteiger partial charge is 0.0596 e. The second-order valence-corrected chi connectivity index (χ2v) is 2.95. The van der Waals surface area contributed by atoms with Gasteiger partial charge in [0, 0.05) is 19.2 Å². The summed E-state index contributed by atoms with van der Waals surface area (Å²) in [7, 11) is 1.89. The van der Waals surface area contributed by atoms with E-state index in [1.807, 2.05) is 24.7 Å². The fourth-order valence-electron chi connectivity index (χ4n) is 1.16. The molecule has 0 aliphatic carbocycles. The van der Waals surface area contributed by atoms with E-state index in [9.17, 15) is 0 Å². The summed E-state index contributed by atoms with van der Waals surface area (Å²) in [6.07, 6.45) is 0.391. The van der Waals surface area contributed by atoms with Gasteiger partial charge in [0.1, 0.15) is 0 Å². The second-order valence-electron chi connectivity index (χ2n) is 2.95. The third-order valence-corrected chi connectivity index (χ3v) is 1.60. The largest absolute Gasteiger partial charge is 0.393 e. The van der Waals surface area contributed by atoms with Crippen LogP contribution in [0.3, 0.4) is 0 Å². The summed E-state index contributed by atoms with van der Waals surface area (Å²) in [6.45, 7) is 3.73. The number of aromatic nitrogens is 2. The number of hydrogen-bond acceptors (Lipinski definition) is 2. The summed E-state index contributed by atoms with van der Waals surface area (Å²) in [4.78, 5) is 0. The highest BCUT2D eigenvalue weighted by Crippen LogP contribution is 2.04. The van der Waals surface area contributed by atoms with Crippen LogP contribution in [0.2, 0.25) is 0 Å². The molecule has 1 aromatic rings. The number of aliphatic hydroxyl groups is 1. The van der Waals surface area contributed by atoms with Crippen LogP contribution < -0.4 is 0 Å². The van der Waals surface area contributed by atoms with Gasteiger partial charge in [0.15, 0.2) is 0 Å². The van der Waals surface area contributed by atoms with E-state index in [1.54, 1.807) is 6.92 Å². The Morgan fingerprint density at radius 2 is 2.36 bits per heavy atom. The van der Waals surface area contributed by atoms with E-state index in [4.69, 9.17) is 5.11 Å². The maximum Gasteiger partial charge on any atom is 0.0596 e. The molecule has 0 bridgehead atoms. The van der Waals surface area contributed by atoms with Crippen molar-refractivity contribution in [2.75, 3.05) is 0 Å². The zero-order valence-electron chi connectivity index (χ0n) is 7.20. The SMILES string of the molecule is Cc1cc(C[C@@H](C)O)n(C)n1. The molecular formula is C8H14N2O. The number of rotatable bonds is 2. The minimum Gasteiger partial charge on any atom is -0.393 e. The predicted molar refractivity (Wildman–Crippen MR) is 43.3 cm³/mol. The van der Waals surface area contributed by atoms with E-state index >= 15 is 0 Å². The van der Waals surface area contributed by atoms with E-state index < -0.39 is 0 Å². The third-order valence-electron chi connectivity index (χ3n) is 1.60. The molecular weight excluding hydrogens is 140 g/mol. The lowest BCUT2D eigenvalue weighted by atomic mass is 10.2. The third kappa shape index (κ3) is 2.05. The fraction of sp³-hybridized carbons (Fsp3) is 0.625. The summed E-state index contributed by atoms with van der Waals surface area (Å²) in [5.41, 5.74) is 2.08. The lowest BCUT2D eigenvalue weighted by Gasteiger charge is -2.02. The number of aryl methyl sites for hydroxylation is 2. The van der Waals surface area contributed by atoms with Crippen LogP contribution in [-0.2, 0) is 13.5 Å². The first kappa shape index (κ1) is 8.27. The molecule has 0 spiro atoms. The van der Waals surface area contributed by atoms with Crippen LogP contribution in [0.5, 0.6) is 0 Å². The highest BCUT2D eigenvalue weighted by Gasteiger charge is 2.04. The van der Waals surface area contributed by atoms with E-state index in [0.29, 0.717) is 6.42 Å². The summed E-state index contributed by atoms with van der Waals surface area (Å²) in [5, 5.41) is 13.3. The molecule has 1 N–H and O–H groups in total. The molecule has 0 radical (unpaired) electrons. The summed E-state index contributed by atoms with van der Waals surface area (Å²) in [6, 6.07) is 1.99. The lowest BCUT2D eigenvalue weighted by Crippen LogP contribution is -2.08. The molecule has 0 unspecified atom stereocenters. The molecule has 0 aliphatic heterocycles. The van der Waals surface area contributed by atoms with Gasteiger partial charge in [-0.3, -0.25) is 4.68 Å². The Morgan fingerprint density at radius 1 is 1.73 bits per heavy atom. The predicted octanol–water partition coefficient (Wildman–Crippen LogP) is 0.652. The van der Waals surface area contributed by atoms with Gasteiger partial charge in [-0.15, -0.1) is 0 Å². The molecule has 1 heterocycles. The molecule has 0 saturated carbocycles. The molecule has 62 valence electrons. The van der Waals surface area contributed by atoms with Gasteiger partial charge in [0.25, 0.3) is 0 Å². The van der Waals surface area contributed by atoms with Crippen LogP contribution >= 0.6 is 0 Å². The summed E-state index contributed by atoms with van der Waals surface area (Å²) in [5.74, 6) is 0. The van der Waals surface area contributed by atoms with E-state index in [2.05, 4.69) is 5.10 Å². The van der Waals surface area contributed by atoms with Crippen LogP contribution in [0.1, 0.15) is 18.3 Å². The van der Waals surface area contributed by atoms with Crippen LogP contribution in [0.4, 0.5) is 0 Å². The quantitative estimate of drug-likeness (QED) is 0.679. The Hall–Kier alpha value is -0.830. The zero-order chi connectivity index (χ0) is 8.43. The number of aliphatic hydroxyl groups excluding tert-OH is 1. The van der Waals surface area contributed by atoms with Crippen molar-refractivity contribution in [1.82, 2.24) is 9.78 Å². The van der Waals surface area contributed by atoms with Crippen LogP contribution in [0.15, 0.2) is 6.07 Å². The first-order chi connectivity index (χ1) is 5.09. The second kappa shape index (κ2) is 3.05. The van der Waals surface area contributed by atoms with Gasteiger partial charge in [-0.1, -0.05) is 0 Å². The molecule has 0 fully saturated rings. The van der Waals surface area contributed by atoms with Crippen molar-refractivity contribution in [1.29, 1.82) is 0 Å². The standard InChI is InChI=1S/C8H14N2O/c1-6-4-8(5-7(2)11)10(3)9-6/h4,7,11H,5H2,1-3H3/t7-/m1/s1. The van der Waals surface area contributed by atoms with Crippen LogP contribution in [-0.4, -0.2) is 21.0 Å². The van der Waals surface area contributed by atoms with Crippen molar-refractivity contribution in [3.05, 3.63) is 17.5 Å². The van der Waals surface area contributed by atoms with Crippen LogP contribution in [0, 0.1) is 6.92 Å². The molecule has 0 amide bonds. The van der Waals surface area contributed by atoms with Gasteiger partial charge >= 0.3 is 0 Å². The molecule has 1 rings (SSSR count). The molecule has 0 aliphatic rings. The Balaban J connectivity index is 2.77. The average molecular weight is 154 g/mol. The van der Waals surface area contributed by atoms with Crippen molar-refractivity contribution >= 4 is 0 Å². The Labute approximate surface area is 66.7 Å². The van der Waals surface area contributed by atoms with Crippen molar-refractivity contribution in [2.45, 2.75) is 26.4 Å². The molecule has 1 atom stereocenters. The highest BCUT2D eigenvalue weighted by molar-refractivity contribution is 5.09. The van der Waals surface area contributed by atoms with Crippen molar-refractivity contribution < 1.29 is 5.11 Å². The number of hydrogen-bond donors (Lipinski definition) is 1. The molecule has 3 heteroatoms. The summed E-state index contributed by atoms with van der Waals surface area (Å²) >= 11 is 0. The molecule has 3 nitrogen and oxygen atoms in total. The normalized spacial score (nSPS) is 13.5. The maximum atomic E-state index is 9.10. The fourth-order valence-corrected chi connectivity index (χ4v) is 1.16. The minimum absolute atomic E-state index is 0.287.